The van der Waals surface area contributed by atoms with Crippen molar-refractivity contribution in [3.63, 3.8) is 0 Å². The molecule has 0 atom stereocenters. The van der Waals surface area contributed by atoms with Gasteiger partial charge >= 0.3 is 0 Å². The molecule has 2 nitrogen and oxygen atoms in total. The second kappa shape index (κ2) is 5.19. The summed E-state index contributed by atoms with van der Waals surface area (Å²) in [5, 5.41) is 0.574. The smallest absolute Gasteiger partial charge is 0.167 e. The minimum atomic E-state index is 0.0726. The van der Waals surface area contributed by atoms with Crippen molar-refractivity contribution in [3.05, 3.63) is 33.8 Å². The van der Waals surface area contributed by atoms with E-state index in [1.165, 1.54) is 0 Å². The van der Waals surface area contributed by atoms with Gasteiger partial charge in [0.15, 0.2) is 5.78 Å². The van der Waals surface area contributed by atoms with Gasteiger partial charge in [-0.2, -0.15) is 0 Å². The van der Waals surface area contributed by atoms with Crippen LogP contribution in [0.5, 0.6) is 0 Å². The first kappa shape index (κ1) is 12.6. The van der Waals surface area contributed by atoms with Crippen LogP contribution in [0.4, 0.5) is 0 Å². The summed E-state index contributed by atoms with van der Waals surface area (Å²) in [5.74, 6) is 0.241. The van der Waals surface area contributed by atoms with Crippen LogP contribution in [0.25, 0.3) is 0 Å². The lowest BCUT2D eigenvalue weighted by Gasteiger charge is -2.21. The number of benzene rings is 1. The first-order chi connectivity index (χ1) is 8.09. The Morgan fingerprint density at radius 2 is 1.82 bits per heavy atom. The van der Waals surface area contributed by atoms with Crippen molar-refractivity contribution < 1.29 is 9.53 Å². The molecule has 0 saturated carbocycles. The molecular formula is C14H17ClO2. The van der Waals surface area contributed by atoms with E-state index in [4.69, 9.17) is 16.3 Å². The lowest BCUT2D eigenvalue weighted by Crippen LogP contribution is -2.23. The van der Waals surface area contributed by atoms with Crippen LogP contribution in [0.3, 0.4) is 0 Å². The van der Waals surface area contributed by atoms with Gasteiger partial charge in [-0.25, -0.2) is 0 Å². The number of hydrogen-bond donors (Lipinski definition) is 0. The SMILES string of the molecule is Cc1cc(Cl)c(C(=O)C2CCOCC2)cc1C. The number of Topliss-reactive ketones (excluding diaryl/α,β-unsaturated/α-hetero) is 1. The molecule has 0 aliphatic carbocycles. The quantitative estimate of drug-likeness (QED) is 0.753. The maximum Gasteiger partial charge on any atom is 0.167 e. The predicted octanol–water partition coefficient (Wildman–Crippen LogP) is 3.57. The van der Waals surface area contributed by atoms with Gasteiger partial charge in [-0.15, -0.1) is 0 Å². The molecule has 0 N–H and O–H groups in total. The van der Waals surface area contributed by atoms with Crippen molar-refractivity contribution in [2.45, 2.75) is 26.7 Å². The summed E-state index contributed by atoms with van der Waals surface area (Å²) in [7, 11) is 0. The fourth-order valence-corrected chi connectivity index (χ4v) is 2.46. The molecule has 1 fully saturated rings. The average Bonchev–Trinajstić information content (AvgIpc) is 2.34. The fraction of sp³-hybridized carbons (Fsp3) is 0.500. The van der Waals surface area contributed by atoms with Crippen molar-refractivity contribution >= 4 is 17.4 Å². The normalized spacial score (nSPS) is 17.1. The van der Waals surface area contributed by atoms with Crippen molar-refractivity contribution in [2.75, 3.05) is 13.2 Å². The topological polar surface area (TPSA) is 26.3 Å². The molecule has 1 heterocycles. The molecule has 0 aromatic heterocycles. The second-order valence-corrected chi connectivity index (χ2v) is 5.07. The number of carbonyl (C=O) groups excluding carboxylic acids is 1. The van der Waals surface area contributed by atoms with Crippen LogP contribution in [0.2, 0.25) is 5.02 Å². The fourth-order valence-electron chi connectivity index (χ4n) is 2.15. The Hall–Kier alpha value is -0.860. The lowest BCUT2D eigenvalue weighted by atomic mass is 9.90. The molecule has 3 heteroatoms. The van der Waals surface area contributed by atoms with Crippen molar-refractivity contribution in [1.29, 1.82) is 0 Å². The molecule has 1 aliphatic rings. The summed E-state index contributed by atoms with van der Waals surface area (Å²) in [6.45, 7) is 5.37. The van der Waals surface area contributed by atoms with Gasteiger partial charge in [0, 0.05) is 24.7 Å². The highest BCUT2D eigenvalue weighted by atomic mass is 35.5. The number of rotatable bonds is 2. The third kappa shape index (κ3) is 2.70. The van der Waals surface area contributed by atoms with E-state index in [2.05, 4.69) is 0 Å². The number of hydrogen-bond acceptors (Lipinski definition) is 2. The molecule has 1 aromatic rings. The van der Waals surface area contributed by atoms with Gasteiger partial charge in [0.25, 0.3) is 0 Å². The van der Waals surface area contributed by atoms with Gasteiger partial charge in [-0.05, 0) is 49.9 Å². The third-order valence-corrected chi connectivity index (χ3v) is 3.75. The van der Waals surface area contributed by atoms with Crippen LogP contribution in [-0.2, 0) is 4.74 Å². The Morgan fingerprint density at radius 3 is 2.47 bits per heavy atom. The van der Waals surface area contributed by atoms with Gasteiger partial charge in [0.1, 0.15) is 0 Å². The van der Waals surface area contributed by atoms with Crippen LogP contribution in [0, 0.1) is 19.8 Å². The van der Waals surface area contributed by atoms with Crippen LogP contribution < -0.4 is 0 Å². The van der Waals surface area contributed by atoms with E-state index >= 15 is 0 Å². The average molecular weight is 253 g/mol. The van der Waals surface area contributed by atoms with Crippen molar-refractivity contribution in [2.24, 2.45) is 5.92 Å². The third-order valence-electron chi connectivity index (χ3n) is 3.44. The Kier molecular flexibility index (Phi) is 3.85. The molecule has 1 saturated heterocycles. The number of ether oxygens (including phenoxy) is 1. The minimum Gasteiger partial charge on any atom is -0.381 e. The summed E-state index contributed by atoms with van der Waals surface area (Å²) in [5.41, 5.74) is 2.91. The summed E-state index contributed by atoms with van der Waals surface area (Å²) in [6.07, 6.45) is 1.62. The standard InChI is InChI=1S/C14H17ClO2/c1-9-7-12(13(15)8-10(9)2)14(16)11-3-5-17-6-4-11/h7-8,11H,3-6H2,1-2H3. The van der Waals surface area contributed by atoms with Crippen LogP contribution in [0.1, 0.15) is 34.3 Å². The number of carbonyl (C=O) groups is 1. The number of aryl methyl sites for hydroxylation is 2. The molecule has 2 rings (SSSR count). The largest absolute Gasteiger partial charge is 0.381 e. The van der Waals surface area contributed by atoms with Gasteiger partial charge in [-0.3, -0.25) is 4.79 Å². The molecular weight excluding hydrogens is 236 g/mol. The molecule has 0 radical (unpaired) electrons. The first-order valence-electron chi connectivity index (χ1n) is 5.98. The summed E-state index contributed by atoms with van der Waals surface area (Å²) < 4.78 is 5.27. The van der Waals surface area contributed by atoms with Gasteiger partial charge in [0.2, 0.25) is 0 Å². The molecule has 1 aromatic carbocycles. The summed E-state index contributed by atoms with van der Waals surface area (Å²) in [6, 6.07) is 3.79. The highest BCUT2D eigenvalue weighted by Crippen LogP contribution is 2.27. The van der Waals surface area contributed by atoms with E-state index in [0.29, 0.717) is 23.8 Å². The summed E-state index contributed by atoms with van der Waals surface area (Å²) in [4.78, 5) is 12.3. The van der Waals surface area contributed by atoms with Crippen molar-refractivity contribution in [3.8, 4) is 0 Å². The first-order valence-corrected chi connectivity index (χ1v) is 6.36. The number of ketones is 1. The van der Waals surface area contributed by atoms with E-state index < -0.39 is 0 Å². The molecule has 17 heavy (non-hydrogen) atoms. The monoisotopic (exact) mass is 252 g/mol. The predicted molar refractivity (Wildman–Crippen MR) is 68.8 cm³/mol. The molecule has 0 spiro atoms. The highest BCUT2D eigenvalue weighted by Gasteiger charge is 2.24. The second-order valence-electron chi connectivity index (χ2n) is 4.67. The zero-order valence-corrected chi connectivity index (χ0v) is 11.0. The van der Waals surface area contributed by atoms with Gasteiger partial charge in [-0.1, -0.05) is 11.6 Å². The Labute approximate surface area is 107 Å². The zero-order chi connectivity index (χ0) is 12.4. The minimum absolute atomic E-state index is 0.0726. The van der Waals surface area contributed by atoms with E-state index in [1.807, 2.05) is 26.0 Å². The Bertz CT molecular complexity index is 434. The molecule has 1 aliphatic heterocycles. The number of halogens is 1. The Morgan fingerprint density at radius 1 is 1.24 bits per heavy atom. The van der Waals surface area contributed by atoms with Crippen LogP contribution in [0.15, 0.2) is 12.1 Å². The van der Waals surface area contributed by atoms with E-state index in [1.54, 1.807) is 0 Å². The maximum atomic E-state index is 12.3. The summed E-state index contributed by atoms with van der Waals surface area (Å²) >= 11 is 6.16. The lowest BCUT2D eigenvalue weighted by molar-refractivity contribution is 0.0545. The maximum absolute atomic E-state index is 12.3. The van der Waals surface area contributed by atoms with Crippen LogP contribution >= 0.6 is 11.6 Å². The van der Waals surface area contributed by atoms with E-state index in [9.17, 15) is 4.79 Å². The zero-order valence-electron chi connectivity index (χ0n) is 10.3. The molecule has 0 bridgehead atoms. The van der Waals surface area contributed by atoms with E-state index in [0.717, 1.165) is 24.0 Å². The van der Waals surface area contributed by atoms with Crippen LogP contribution in [-0.4, -0.2) is 19.0 Å². The molecule has 92 valence electrons. The van der Waals surface area contributed by atoms with Crippen molar-refractivity contribution in [1.82, 2.24) is 0 Å². The molecule has 0 unspecified atom stereocenters. The molecule has 0 amide bonds. The Balaban J connectivity index is 2.26. The van der Waals surface area contributed by atoms with Gasteiger partial charge in [0.05, 0.1) is 5.02 Å². The van der Waals surface area contributed by atoms with E-state index in [-0.39, 0.29) is 11.7 Å². The highest BCUT2D eigenvalue weighted by molar-refractivity contribution is 6.34. The van der Waals surface area contributed by atoms with Gasteiger partial charge < -0.3 is 4.74 Å².